The summed E-state index contributed by atoms with van der Waals surface area (Å²) in [6.45, 7) is 3.42. The van der Waals surface area contributed by atoms with Gasteiger partial charge in [0, 0.05) is 36.8 Å². The summed E-state index contributed by atoms with van der Waals surface area (Å²) in [5.41, 5.74) is 0.685. The highest BCUT2D eigenvalue weighted by Crippen LogP contribution is 2.31. The molecule has 2 unspecified atom stereocenters. The topological polar surface area (TPSA) is 61.8 Å². The van der Waals surface area contributed by atoms with Crippen LogP contribution in [0.15, 0.2) is 18.2 Å². The van der Waals surface area contributed by atoms with Crippen LogP contribution in [0.2, 0.25) is 0 Å². The predicted molar refractivity (Wildman–Crippen MR) is 72.0 cm³/mol. The number of nitrogens with one attached hydrogen (secondary N) is 1. The van der Waals surface area contributed by atoms with E-state index in [0.29, 0.717) is 12.1 Å². The Hall–Kier alpha value is -1.82. The molecule has 0 saturated carbocycles. The molecule has 5 nitrogen and oxygen atoms in total. The van der Waals surface area contributed by atoms with Crippen LogP contribution in [-0.4, -0.2) is 42.3 Å². The zero-order chi connectivity index (χ0) is 14.7. The lowest BCUT2D eigenvalue weighted by molar-refractivity contribution is 0.165. The van der Waals surface area contributed by atoms with E-state index in [2.05, 4.69) is 15.0 Å². The Kier molecular flexibility index (Phi) is 4.44. The largest absolute Gasteiger partial charge is 0.508 e. The summed E-state index contributed by atoms with van der Waals surface area (Å²) in [5, 5.41) is 12.6. The highest BCUT2D eigenvalue weighted by atomic mass is 19.1. The number of phenols is 1. The average molecular weight is 282 g/mol. The maximum atomic E-state index is 13.0. The van der Waals surface area contributed by atoms with Gasteiger partial charge in [-0.15, -0.1) is 0 Å². The molecule has 0 bridgehead atoms. The molecule has 1 fully saturated rings. The Balaban J connectivity index is 2.00. The first-order chi connectivity index (χ1) is 9.51. The van der Waals surface area contributed by atoms with E-state index < -0.39 is 11.9 Å². The number of methoxy groups -OCH3 is 1. The monoisotopic (exact) mass is 282 g/mol. The SMILES string of the molecule is COC(=O)NC1CCN(C(C)c2ccc(F)cc2O)C1. The van der Waals surface area contributed by atoms with Crippen LogP contribution in [0.1, 0.15) is 24.9 Å². The summed E-state index contributed by atoms with van der Waals surface area (Å²) in [5.74, 6) is -0.494. The molecule has 0 aliphatic carbocycles. The molecule has 0 spiro atoms. The second kappa shape index (κ2) is 6.09. The first-order valence-electron chi connectivity index (χ1n) is 6.58. The predicted octanol–water partition coefficient (Wildman–Crippen LogP) is 2.02. The van der Waals surface area contributed by atoms with Crippen molar-refractivity contribution in [1.82, 2.24) is 10.2 Å². The van der Waals surface area contributed by atoms with Crippen LogP contribution < -0.4 is 5.32 Å². The van der Waals surface area contributed by atoms with E-state index in [-0.39, 0.29) is 17.8 Å². The number of hydrogen-bond donors (Lipinski definition) is 2. The van der Waals surface area contributed by atoms with Gasteiger partial charge in [0.05, 0.1) is 7.11 Å². The zero-order valence-electron chi connectivity index (χ0n) is 11.6. The second-order valence-electron chi connectivity index (χ2n) is 5.00. The van der Waals surface area contributed by atoms with Crippen LogP contribution in [0.5, 0.6) is 5.75 Å². The van der Waals surface area contributed by atoms with E-state index in [9.17, 15) is 14.3 Å². The van der Waals surface area contributed by atoms with Crippen molar-refractivity contribution in [1.29, 1.82) is 0 Å². The molecular formula is C14H19FN2O3. The van der Waals surface area contributed by atoms with Crippen molar-refractivity contribution in [2.45, 2.75) is 25.4 Å². The van der Waals surface area contributed by atoms with Gasteiger partial charge in [-0.2, -0.15) is 0 Å². The van der Waals surface area contributed by atoms with Crippen LogP contribution in [0, 0.1) is 5.82 Å². The van der Waals surface area contributed by atoms with Gasteiger partial charge in [0.25, 0.3) is 0 Å². The van der Waals surface area contributed by atoms with E-state index in [1.165, 1.54) is 13.2 Å². The second-order valence-corrected chi connectivity index (χ2v) is 5.00. The van der Waals surface area contributed by atoms with Gasteiger partial charge in [-0.25, -0.2) is 9.18 Å². The summed E-state index contributed by atoms with van der Waals surface area (Å²) in [6.07, 6.45) is 0.385. The van der Waals surface area contributed by atoms with Crippen LogP contribution >= 0.6 is 0 Å². The number of alkyl carbamates (subject to hydrolysis) is 1. The number of halogens is 1. The standard InChI is InChI=1S/C14H19FN2O3/c1-9(12-4-3-10(15)7-13(12)18)17-6-5-11(8-17)16-14(19)20-2/h3-4,7,9,11,18H,5-6,8H2,1-2H3,(H,16,19). The number of likely N-dealkylation sites (tertiary alicyclic amines) is 1. The van der Waals surface area contributed by atoms with E-state index in [1.54, 1.807) is 6.07 Å². The summed E-state index contributed by atoms with van der Waals surface area (Å²) >= 11 is 0. The highest BCUT2D eigenvalue weighted by Gasteiger charge is 2.29. The first kappa shape index (κ1) is 14.6. The first-order valence-corrected chi connectivity index (χ1v) is 6.58. The fraction of sp³-hybridized carbons (Fsp3) is 0.500. The number of benzene rings is 1. The van der Waals surface area contributed by atoms with E-state index in [0.717, 1.165) is 19.0 Å². The Labute approximate surface area is 117 Å². The molecule has 1 aromatic carbocycles. The number of aromatic hydroxyl groups is 1. The number of carbonyl (C=O) groups is 1. The number of amides is 1. The lowest BCUT2D eigenvalue weighted by atomic mass is 10.1. The zero-order valence-corrected chi connectivity index (χ0v) is 11.6. The molecule has 0 radical (unpaired) electrons. The molecule has 1 heterocycles. The number of rotatable bonds is 3. The van der Waals surface area contributed by atoms with Crippen molar-refractivity contribution in [2.24, 2.45) is 0 Å². The minimum atomic E-state index is -0.454. The third-order valence-corrected chi connectivity index (χ3v) is 3.72. The Bertz CT molecular complexity index is 495. The van der Waals surface area contributed by atoms with Crippen LogP contribution in [0.25, 0.3) is 0 Å². The van der Waals surface area contributed by atoms with E-state index in [1.807, 2.05) is 6.92 Å². The summed E-state index contributed by atoms with van der Waals surface area (Å²) < 4.78 is 17.6. The quantitative estimate of drug-likeness (QED) is 0.890. The lowest BCUT2D eigenvalue weighted by Gasteiger charge is -2.25. The molecule has 2 rings (SSSR count). The molecule has 20 heavy (non-hydrogen) atoms. The van der Waals surface area contributed by atoms with Gasteiger partial charge in [-0.3, -0.25) is 4.90 Å². The molecule has 110 valence electrons. The lowest BCUT2D eigenvalue weighted by Crippen LogP contribution is -2.37. The number of nitrogens with zero attached hydrogens (tertiary/aromatic N) is 1. The minimum Gasteiger partial charge on any atom is -0.508 e. The number of carbonyl (C=O) groups excluding carboxylic acids is 1. The Morgan fingerprint density at radius 3 is 3.00 bits per heavy atom. The van der Waals surface area contributed by atoms with Crippen molar-refractivity contribution in [3.63, 3.8) is 0 Å². The van der Waals surface area contributed by atoms with Crippen molar-refractivity contribution >= 4 is 6.09 Å². The highest BCUT2D eigenvalue weighted by molar-refractivity contribution is 5.67. The number of phenolic OH excluding ortho intramolecular Hbond substituents is 1. The van der Waals surface area contributed by atoms with Gasteiger partial charge in [0.15, 0.2) is 0 Å². The van der Waals surface area contributed by atoms with Gasteiger partial charge in [-0.1, -0.05) is 6.07 Å². The normalized spacial score (nSPS) is 20.6. The molecule has 1 aliphatic rings. The average Bonchev–Trinajstić information content (AvgIpc) is 2.86. The molecule has 1 saturated heterocycles. The van der Waals surface area contributed by atoms with Crippen molar-refractivity contribution < 1.29 is 19.0 Å². The Morgan fingerprint density at radius 2 is 2.35 bits per heavy atom. The molecule has 1 aliphatic heterocycles. The van der Waals surface area contributed by atoms with E-state index in [4.69, 9.17) is 0 Å². The molecule has 6 heteroatoms. The molecule has 2 N–H and O–H groups in total. The minimum absolute atomic E-state index is 0.0347. The van der Waals surface area contributed by atoms with E-state index >= 15 is 0 Å². The number of ether oxygens (including phenoxy) is 1. The molecule has 2 atom stereocenters. The maximum Gasteiger partial charge on any atom is 0.407 e. The van der Waals surface area contributed by atoms with Gasteiger partial charge in [0.2, 0.25) is 0 Å². The molecule has 1 amide bonds. The summed E-state index contributed by atoms with van der Waals surface area (Å²) in [6, 6.07) is 4.04. The fourth-order valence-corrected chi connectivity index (χ4v) is 2.55. The van der Waals surface area contributed by atoms with Gasteiger partial charge in [-0.05, 0) is 19.4 Å². The van der Waals surface area contributed by atoms with Gasteiger partial charge >= 0.3 is 6.09 Å². The maximum absolute atomic E-state index is 13.0. The number of hydrogen-bond acceptors (Lipinski definition) is 4. The molecule has 0 aromatic heterocycles. The fourth-order valence-electron chi connectivity index (χ4n) is 2.55. The molecule has 1 aromatic rings. The van der Waals surface area contributed by atoms with Crippen LogP contribution in [0.3, 0.4) is 0 Å². The third kappa shape index (κ3) is 3.19. The van der Waals surface area contributed by atoms with Gasteiger partial charge in [0.1, 0.15) is 11.6 Å². The summed E-state index contributed by atoms with van der Waals surface area (Å²) in [4.78, 5) is 13.3. The van der Waals surface area contributed by atoms with Crippen molar-refractivity contribution in [3.8, 4) is 5.75 Å². The van der Waals surface area contributed by atoms with Crippen molar-refractivity contribution in [2.75, 3.05) is 20.2 Å². The third-order valence-electron chi connectivity index (χ3n) is 3.72. The van der Waals surface area contributed by atoms with Gasteiger partial charge < -0.3 is 15.2 Å². The van der Waals surface area contributed by atoms with Crippen molar-refractivity contribution in [3.05, 3.63) is 29.6 Å². The smallest absolute Gasteiger partial charge is 0.407 e. The van der Waals surface area contributed by atoms with Crippen LogP contribution in [-0.2, 0) is 4.74 Å². The summed E-state index contributed by atoms with van der Waals surface area (Å²) in [7, 11) is 1.33. The molecular weight excluding hydrogens is 263 g/mol. The van der Waals surface area contributed by atoms with Crippen LogP contribution in [0.4, 0.5) is 9.18 Å². The Morgan fingerprint density at radius 1 is 1.60 bits per heavy atom.